The lowest BCUT2D eigenvalue weighted by atomic mass is 9.80. The highest BCUT2D eigenvalue weighted by Gasteiger charge is 2.41. The number of carboxylic acid groups (broad SMARTS) is 1. The van der Waals surface area contributed by atoms with Crippen molar-refractivity contribution in [1.29, 1.82) is 0 Å². The molecule has 2 saturated heterocycles. The van der Waals surface area contributed by atoms with E-state index in [2.05, 4.69) is 4.90 Å². The zero-order valence-corrected chi connectivity index (χ0v) is 9.07. The number of likely N-dealkylation sites (tertiary alicyclic amines) is 1. The fourth-order valence-electron chi connectivity index (χ4n) is 2.57. The first-order chi connectivity index (χ1) is 7.23. The largest absolute Gasteiger partial charge is 0.481 e. The molecule has 4 heteroatoms. The summed E-state index contributed by atoms with van der Waals surface area (Å²) in [7, 11) is 0. The molecule has 4 nitrogen and oxygen atoms in total. The maximum atomic E-state index is 11.4. The second-order valence-electron chi connectivity index (χ2n) is 4.68. The number of rotatable bonds is 3. The van der Waals surface area contributed by atoms with Gasteiger partial charge in [-0.15, -0.1) is 0 Å². The molecule has 0 aromatic carbocycles. The highest BCUT2D eigenvalue weighted by atomic mass is 16.5. The minimum absolute atomic E-state index is 0.539. The topological polar surface area (TPSA) is 49.8 Å². The molecule has 0 aliphatic carbocycles. The SMILES string of the molecule is O=C(O)C1(CN2CCCC2)CCOCC1. The van der Waals surface area contributed by atoms with E-state index in [1.165, 1.54) is 12.8 Å². The minimum atomic E-state index is -0.641. The Kier molecular flexibility index (Phi) is 3.26. The van der Waals surface area contributed by atoms with Gasteiger partial charge in [0, 0.05) is 19.8 Å². The van der Waals surface area contributed by atoms with E-state index in [4.69, 9.17) is 4.74 Å². The lowest BCUT2D eigenvalue weighted by Gasteiger charge is -2.36. The first-order valence-electron chi connectivity index (χ1n) is 5.76. The fraction of sp³-hybridized carbons (Fsp3) is 0.909. The Bertz CT molecular complexity index is 230. The van der Waals surface area contributed by atoms with Crippen molar-refractivity contribution >= 4 is 5.97 Å². The zero-order valence-electron chi connectivity index (χ0n) is 9.07. The highest BCUT2D eigenvalue weighted by molar-refractivity contribution is 5.75. The second kappa shape index (κ2) is 4.49. The number of aliphatic carboxylic acids is 1. The standard InChI is InChI=1S/C11H19NO3/c13-10(14)11(3-7-15-8-4-11)9-12-5-1-2-6-12/h1-9H2,(H,13,14). The summed E-state index contributed by atoms with van der Waals surface area (Å²) in [6.07, 6.45) is 3.76. The van der Waals surface area contributed by atoms with Gasteiger partial charge in [0.2, 0.25) is 0 Å². The monoisotopic (exact) mass is 213 g/mol. The first kappa shape index (κ1) is 10.9. The molecule has 0 radical (unpaired) electrons. The molecule has 1 N–H and O–H groups in total. The van der Waals surface area contributed by atoms with E-state index >= 15 is 0 Å². The van der Waals surface area contributed by atoms with Crippen molar-refractivity contribution in [3.63, 3.8) is 0 Å². The number of ether oxygens (including phenoxy) is 1. The lowest BCUT2D eigenvalue weighted by molar-refractivity contribution is -0.156. The molecule has 0 bridgehead atoms. The molecule has 0 amide bonds. The van der Waals surface area contributed by atoms with Gasteiger partial charge in [-0.2, -0.15) is 0 Å². The van der Waals surface area contributed by atoms with Gasteiger partial charge in [0.1, 0.15) is 0 Å². The molecule has 2 aliphatic rings. The molecule has 2 heterocycles. The summed E-state index contributed by atoms with van der Waals surface area (Å²) in [5, 5.41) is 9.37. The maximum Gasteiger partial charge on any atom is 0.311 e. The second-order valence-corrected chi connectivity index (χ2v) is 4.68. The van der Waals surface area contributed by atoms with Gasteiger partial charge in [-0.1, -0.05) is 0 Å². The fourth-order valence-corrected chi connectivity index (χ4v) is 2.57. The van der Waals surface area contributed by atoms with Crippen LogP contribution in [-0.2, 0) is 9.53 Å². The number of carboxylic acids is 1. The number of nitrogens with zero attached hydrogens (tertiary/aromatic N) is 1. The van der Waals surface area contributed by atoms with Crippen molar-refractivity contribution in [2.75, 3.05) is 32.8 Å². The molecule has 0 aromatic rings. The van der Waals surface area contributed by atoms with Crippen molar-refractivity contribution in [3.05, 3.63) is 0 Å². The quantitative estimate of drug-likeness (QED) is 0.758. The van der Waals surface area contributed by atoms with E-state index in [9.17, 15) is 9.90 Å². The molecule has 2 fully saturated rings. The summed E-state index contributed by atoms with van der Waals surface area (Å²) in [5.41, 5.74) is -0.539. The van der Waals surface area contributed by atoms with E-state index in [0.717, 1.165) is 13.1 Å². The van der Waals surface area contributed by atoms with Crippen LogP contribution in [0, 0.1) is 5.41 Å². The summed E-state index contributed by atoms with van der Waals surface area (Å²) in [6, 6.07) is 0. The van der Waals surface area contributed by atoms with Crippen LogP contribution in [0.5, 0.6) is 0 Å². The van der Waals surface area contributed by atoms with E-state index in [1.807, 2.05) is 0 Å². The molecule has 15 heavy (non-hydrogen) atoms. The third-order valence-corrected chi connectivity index (χ3v) is 3.63. The van der Waals surface area contributed by atoms with Crippen LogP contribution in [0.3, 0.4) is 0 Å². The summed E-state index contributed by atoms with van der Waals surface area (Å²) >= 11 is 0. The number of hydrogen-bond acceptors (Lipinski definition) is 3. The maximum absolute atomic E-state index is 11.4. The van der Waals surface area contributed by atoms with Gasteiger partial charge in [-0.05, 0) is 38.8 Å². The van der Waals surface area contributed by atoms with Crippen LogP contribution in [0.2, 0.25) is 0 Å². The van der Waals surface area contributed by atoms with Crippen molar-refractivity contribution < 1.29 is 14.6 Å². The normalized spacial score (nSPS) is 26.7. The van der Waals surface area contributed by atoms with Crippen LogP contribution in [-0.4, -0.2) is 48.8 Å². The smallest absolute Gasteiger partial charge is 0.311 e. The molecule has 2 rings (SSSR count). The van der Waals surface area contributed by atoms with Gasteiger partial charge in [0.15, 0.2) is 0 Å². The molecular weight excluding hydrogens is 194 g/mol. The first-order valence-corrected chi connectivity index (χ1v) is 5.76. The Labute approximate surface area is 90.2 Å². The molecule has 2 aliphatic heterocycles. The average molecular weight is 213 g/mol. The van der Waals surface area contributed by atoms with Crippen molar-refractivity contribution in [2.45, 2.75) is 25.7 Å². The van der Waals surface area contributed by atoms with Gasteiger partial charge in [0.05, 0.1) is 5.41 Å². The van der Waals surface area contributed by atoms with Crippen LogP contribution in [0.25, 0.3) is 0 Å². The van der Waals surface area contributed by atoms with Gasteiger partial charge in [0.25, 0.3) is 0 Å². The average Bonchev–Trinajstić information content (AvgIpc) is 2.71. The third kappa shape index (κ3) is 2.32. The molecular formula is C11H19NO3. The van der Waals surface area contributed by atoms with E-state index in [1.54, 1.807) is 0 Å². The van der Waals surface area contributed by atoms with Crippen molar-refractivity contribution in [1.82, 2.24) is 4.90 Å². The summed E-state index contributed by atoms with van der Waals surface area (Å²) in [5.74, 6) is -0.641. The Morgan fingerprint density at radius 2 is 1.87 bits per heavy atom. The Balaban J connectivity index is 2.00. The van der Waals surface area contributed by atoms with Crippen LogP contribution in [0.1, 0.15) is 25.7 Å². The summed E-state index contributed by atoms with van der Waals surface area (Å²) in [4.78, 5) is 13.7. The van der Waals surface area contributed by atoms with Crippen LogP contribution in [0.4, 0.5) is 0 Å². The van der Waals surface area contributed by atoms with Crippen LogP contribution in [0.15, 0.2) is 0 Å². The molecule has 0 aromatic heterocycles. The molecule has 86 valence electrons. The minimum Gasteiger partial charge on any atom is -0.481 e. The summed E-state index contributed by atoms with van der Waals surface area (Å²) < 4.78 is 5.26. The van der Waals surface area contributed by atoms with Gasteiger partial charge in [-0.25, -0.2) is 0 Å². The molecule has 0 saturated carbocycles. The van der Waals surface area contributed by atoms with E-state index in [-0.39, 0.29) is 0 Å². The molecule has 0 atom stereocenters. The zero-order chi connectivity index (χ0) is 10.7. The predicted octanol–water partition coefficient (Wildman–Crippen LogP) is 0.964. The van der Waals surface area contributed by atoms with Crippen molar-refractivity contribution in [2.24, 2.45) is 5.41 Å². The lowest BCUT2D eigenvalue weighted by Crippen LogP contribution is -2.45. The third-order valence-electron chi connectivity index (χ3n) is 3.63. The van der Waals surface area contributed by atoms with Gasteiger partial charge in [-0.3, -0.25) is 4.79 Å². The number of hydrogen-bond donors (Lipinski definition) is 1. The molecule has 0 spiro atoms. The van der Waals surface area contributed by atoms with E-state index in [0.29, 0.717) is 32.6 Å². The number of carbonyl (C=O) groups is 1. The van der Waals surface area contributed by atoms with Crippen LogP contribution >= 0.6 is 0 Å². The summed E-state index contributed by atoms with van der Waals surface area (Å²) in [6.45, 7) is 4.04. The predicted molar refractivity (Wildman–Crippen MR) is 55.8 cm³/mol. The molecule has 0 unspecified atom stereocenters. The Morgan fingerprint density at radius 1 is 1.27 bits per heavy atom. The van der Waals surface area contributed by atoms with Crippen LogP contribution < -0.4 is 0 Å². The van der Waals surface area contributed by atoms with Gasteiger partial charge < -0.3 is 14.7 Å². The Hall–Kier alpha value is -0.610. The van der Waals surface area contributed by atoms with Crippen molar-refractivity contribution in [3.8, 4) is 0 Å². The highest BCUT2D eigenvalue weighted by Crippen LogP contribution is 2.32. The van der Waals surface area contributed by atoms with E-state index < -0.39 is 11.4 Å². The Morgan fingerprint density at radius 3 is 2.40 bits per heavy atom. The van der Waals surface area contributed by atoms with Gasteiger partial charge >= 0.3 is 5.97 Å².